The molecule has 0 radical (unpaired) electrons. The van der Waals surface area contributed by atoms with Crippen LogP contribution in [0.15, 0.2) is 24.4 Å². The van der Waals surface area contributed by atoms with Crippen LogP contribution in [0.3, 0.4) is 0 Å². The third-order valence-electron chi connectivity index (χ3n) is 2.40. The Kier molecular flexibility index (Phi) is 4.36. The summed E-state index contributed by atoms with van der Waals surface area (Å²) in [5.41, 5.74) is 0.969. The third-order valence-corrected chi connectivity index (χ3v) is 3.43. The van der Waals surface area contributed by atoms with E-state index in [9.17, 15) is 9.59 Å². The summed E-state index contributed by atoms with van der Waals surface area (Å²) in [6, 6.07) is 5.05. The summed E-state index contributed by atoms with van der Waals surface area (Å²) in [5.74, 6) is -0.637. The summed E-state index contributed by atoms with van der Waals surface area (Å²) in [5, 5.41) is 3.00. The number of nitrogens with zero attached hydrogens (tertiary/aromatic N) is 1. The van der Waals surface area contributed by atoms with Crippen molar-refractivity contribution in [2.75, 3.05) is 5.32 Å². The normalized spacial score (nSPS) is 10.2. The fraction of sp³-hybridized carbons (Fsp3) is 0.154. The number of carbonyl (C=O) groups is 2. The Morgan fingerprint density at radius 2 is 2.15 bits per heavy atom. The van der Waals surface area contributed by atoms with Crippen LogP contribution in [-0.4, -0.2) is 16.9 Å². The van der Waals surface area contributed by atoms with E-state index in [1.165, 1.54) is 13.1 Å². The molecular weight excluding hydrogens is 300 g/mol. The highest BCUT2D eigenvalue weighted by Gasteiger charge is 2.17. The average molecular weight is 311 g/mol. The van der Waals surface area contributed by atoms with Crippen LogP contribution in [-0.2, 0) is 4.79 Å². The molecule has 2 aromatic rings. The van der Waals surface area contributed by atoms with Gasteiger partial charge in [-0.2, -0.15) is 0 Å². The molecule has 20 heavy (non-hydrogen) atoms. The number of carbonyl (C=O) groups excluding carboxylic acids is 2. The van der Waals surface area contributed by atoms with Gasteiger partial charge in [0, 0.05) is 6.92 Å². The molecule has 0 aliphatic rings. The predicted octanol–water partition coefficient (Wildman–Crippen LogP) is 3.28. The molecule has 1 aromatic heterocycles. The lowest BCUT2D eigenvalue weighted by atomic mass is 10.1. The molecule has 0 fully saturated rings. The van der Waals surface area contributed by atoms with E-state index in [2.05, 4.69) is 10.3 Å². The standard InChI is InChI=1S/C13H11ClN2O3S/c1-7-4-3-5-9(11(7)19-8(2)17)12(18)16-13-15-6-10(14)20-13/h3-6H,1-2H3,(H,15,16,18). The van der Waals surface area contributed by atoms with Crippen molar-refractivity contribution in [1.29, 1.82) is 0 Å². The molecule has 0 atom stereocenters. The van der Waals surface area contributed by atoms with Gasteiger partial charge in [0.05, 0.1) is 11.8 Å². The Morgan fingerprint density at radius 1 is 1.40 bits per heavy atom. The second kappa shape index (κ2) is 6.02. The van der Waals surface area contributed by atoms with E-state index in [0.717, 1.165) is 11.3 Å². The van der Waals surface area contributed by atoms with Crippen molar-refractivity contribution >= 4 is 39.9 Å². The summed E-state index contributed by atoms with van der Waals surface area (Å²) in [4.78, 5) is 27.3. The minimum Gasteiger partial charge on any atom is -0.426 e. The predicted molar refractivity (Wildman–Crippen MR) is 77.6 cm³/mol. The van der Waals surface area contributed by atoms with Crippen LogP contribution in [0.5, 0.6) is 5.75 Å². The number of rotatable bonds is 3. The minimum atomic E-state index is -0.481. The SMILES string of the molecule is CC(=O)Oc1c(C)cccc1C(=O)Nc1ncc(Cl)s1. The molecule has 0 bridgehead atoms. The van der Waals surface area contributed by atoms with Crippen molar-refractivity contribution in [3.05, 3.63) is 39.9 Å². The molecule has 7 heteroatoms. The van der Waals surface area contributed by atoms with Crippen LogP contribution in [0.2, 0.25) is 4.34 Å². The van der Waals surface area contributed by atoms with Crippen molar-refractivity contribution in [2.45, 2.75) is 13.8 Å². The highest BCUT2D eigenvalue weighted by molar-refractivity contribution is 7.19. The first-order valence-corrected chi connectivity index (χ1v) is 6.87. The number of anilines is 1. The number of thiazole rings is 1. The number of amides is 1. The highest BCUT2D eigenvalue weighted by Crippen LogP contribution is 2.27. The van der Waals surface area contributed by atoms with Crippen LogP contribution >= 0.6 is 22.9 Å². The number of para-hydroxylation sites is 1. The van der Waals surface area contributed by atoms with E-state index < -0.39 is 11.9 Å². The molecule has 0 saturated heterocycles. The number of aromatic nitrogens is 1. The first-order valence-electron chi connectivity index (χ1n) is 5.68. The van der Waals surface area contributed by atoms with Gasteiger partial charge < -0.3 is 4.74 Å². The monoisotopic (exact) mass is 310 g/mol. The molecule has 0 spiro atoms. The van der Waals surface area contributed by atoms with E-state index in [-0.39, 0.29) is 11.3 Å². The fourth-order valence-electron chi connectivity index (χ4n) is 1.59. The molecule has 0 unspecified atom stereocenters. The lowest BCUT2D eigenvalue weighted by Gasteiger charge is -2.10. The number of halogens is 1. The Bertz CT molecular complexity index is 669. The summed E-state index contributed by atoms with van der Waals surface area (Å²) in [7, 11) is 0. The molecule has 1 aromatic carbocycles. The number of esters is 1. The maximum Gasteiger partial charge on any atom is 0.308 e. The number of benzene rings is 1. The van der Waals surface area contributed by atoms with Gasteiger partial charge in [0.25, 0.3) is 5.91 Å². The summed E-state index contributed by atoms with van der Waals surface area (Å²) >= 11 is 6.90. The largest absolute Gasteiger partial charge is 0.426 e. The zero-order chi connectivity index (χ0) is 14.7. The van der Waals surface area contributed by atoms with Crippen molar-refractivity contribution < 1.29 is 14.3 Å². The molecule has 0 aliphatic carbocycles. The lowest BCUT2D eigenvalue weighted by molar-refractivity contribution is -0.131. The van der Waals surface area contributed by atoms with Crippen LogP contribution in [0, 0.1) is 6.92 Å². The zero-order valence-corrected chi connectivity index (χ0v) is 12.3. The first-order chi connectivity index (χ1) is 9.47. The minimum absolute atomic E-state index is 0.250. The molecule has 1 N–H and O–H groups in total. The Labute approximate surface area is 124 Å². The topological polar surface area (TPSA) is 68.3 Å². The number of nitrogens with one attached hydrogen (secondary N) is 1. The first kappa shape index (κ1) is 14.5. The molecule has 2 rings (SSSR count). The summed E-state index contributed by atoms with van der Waals surface area (Å²) < 4.78 is 5.57. The summed E-state index contributed by atoms with van der Waals surface area (Å²) in [6.07, 6.45) is 1.45. The number of ether oxygens (including phenoxy) is 1. The average Bonchev–Trinajstić information content (AvgIpc) is 2.76. The second-order valence-corrected chi connectivity index (χ2v) is 5.63. The van der Waals surface area contributed by atoms with Crippen molar-refractivity contribution in [3.63, 3.8) is 0 Å². The molecule has 0 saturated carbocycles. The molecule has 1 amide bonds. The van der Waals surface area contributed by atoms with Crippen LogP contribution < -0.4 is 10.1 Å². The smallest absolute Gasteiger partial charge is 0.308 e. The van der Waals surface area contributed by atoms with Crippen LogP contribution in [0.25, 0.3) is 0 Å². The van der Waals surface area contributed by atoms with Gasteiger partial charge in [-0.1, -0.05) is 35.1 Å². The van der Waals surface area contributed by atoms with Gasteiger partial charge in [0.1, 0.15) is 10.1 Å². The van der Waals surface area contributed by atoms with Gasteiger partial charge in [-0.3, -0.25) is 14.9 Å². The van der Waals surface area contributed by atoms with Crippen LogP contribution in [0.1, 0.15) is 22.8 Å². The maximum atomic E-state index is 12.2. The molecule has 0 aliphatic heterocycles. The number of hydrogen-bond acceptors (Lipinski definition) is 5. The van der Waals surface area contributed by atoms with Gasteiger partial charge in [0.15, 0.2) is 5.13 Å². The molecular formula is C13H11ClN2O3S. The van der Waals surface area contributed by atoms with Crippen molar-refractivity contribution in [2.24, 2.45) is 0 Å². The van der Waals surface area contributed by atoms with Gasteiger partial charge in [-0.15, -0.1) is 0 Å². The van der Waals surface area contributed by atoms with Crippen LogP contribution in [0.4, 0.5) is 5.13 Å². The van der Waals surface area contributed by atoms with Gasteiger partial charge in [0.2, 0.25) is 0 Å². The summed E-state index contributed by atoms with van der Waals surface area (Å²) in [6.45, 7) is 3.05. The van der Waals surface area contributed by atoms with Crippen molar-refractivity contribution in [1.82, 2.24) is 4.98 Å². The molecule has 1 heterocycles. The zero-order valence-electron chi connectivity index (χ0n) is 10.8. The Morgan fingerprint density at radius 3 is 2.75 bits per heavy atom. The number of hydrogen-bond donors (Lipinski definition) is 1. The Hall–Kier alpha value is -1.92. The van der Waals surface area contributed by atoms with E-state index >= 15 is 0 Å². The second-order valence-electron chi connectivity index (χ2n) is 3.97. The van der Waals surface area contributed by atoms with Gasteiger partial charge >= 0.3 is 5.97 Å². The third kappa shape index (κ3) is 3.34. The lowest BCUT2D eigenvalue weighted by Crippen LogP contribution is -2.15. The fourth-order valence-corrected chi connectivity index (χ4v) is 2.39. The molecule has 104 valence electrons. The van der Waals surface area contributed by atoms with E-state index in [1.54, 1.807) is 25.1 Å². The van der Waals surface area contributed by atoms with E-state index in [1.807, 2.05) is 0 Å². The van der Waals surface area contributed by atoms with E-state index in [0.29, 0.717) is 15.0 Å². The van der Waals surface area contributed by atoms with Gasteiger partial charge in [-0.05, 0) is 18.6 Å². The number of aryl methyl sites for hydroxylation is 1. The van der Waals surface area contributed by atoms with E-state index in [4.69, 9.17) is 16.3 Å². The Balaban J connectivity index is 2.29. The van der Waals surface area contributed by atoms with Gasteiger partial charge in [-0.25, -0.2) is 4.98 Å². The maximum absolute atomic E-state index is 12.2. The van der Waals surface area contributed by atoms with Crippen molar-refractivity contribution in [3.8, 4) is 5.75 Å². The quantitative estimate of drug-likeness (QED) is 0.698. The molecule has 5 nitrogen and oxygen atoms in total. The highest BCUT2D eigenvalue weighted by atomic mass is 35.5.